The number of anilines is 1. The highest BCUT2D eigenvalue weighted by atomic mass is 19.1. The summed E-state index contributed by atoms with van der Waals surface area (Å²) in [4.78, 5) is 19.9. The Hall–Kier alpha value is -3.10. The third-order valence-electron chi connectivity index (χ3n) is 3.12. The fraction of sp³-hybridized carbons (Fsp3) is 0.214. The molecule has 8 nitrogen and oxygen atoms in total. The summed E-state index contributed by atoms with van der Waals surface area (Å²) in [5.41, 5.74) is 0.894. The summed E-state index contributed by atoms with van der Waals surface area (Å²) in [5.74, 6) is 0.943. The van der Waals surface area contributed by atoms with Crippen LogP contribution in [0, 0.1) is 5.82 Å². The van der Waals surface area contributed by atoms with Crippen LogP contribution < -0.4 is 5.32 Å². The predicted octanol–water partition coefficient (Wildman–Crippen LogP) is 1.22. The van der Waals surface area contributed by atoms with Gasteiger partial charge >= 0.3 is 0 Å². The van der Waals surface area contributed by atoms with E-state index in [9.17, 15) is 9.18 Å². The van der Waals surface area contributed by atoms with Gasteiger partial charge in [0, 0.05) is 19.3 Å². The number of H-pyrrole nitrogens is 2. The van der Waals surface area contributed by atoms with Crippen LogP contribution in [0.1, 0.15) is 23.6 Å². The summed E-state index contributed by atoms with van der Waals surface area (Å²) in [5, 5.41) is 15.7. The second-order valence-electron chi connectivity index (χ2n) is 4.89. The van der Waals surface area contributed by atoms with Gasteiger partial charge in [0.2, 0.25) is 11.9 Å². The first-order chi connectivity index (χ1) is 11.2. The third kappa shape index (κ3) is 4.19. The first kappa shape index (κ1) is 14.8. The van der Waals surface area contributed by atoms with Crippen LogP contribution in [0.3, 0.4) is 0 Å². The Morgan fingerprint density at radius 2 is 2.00 bits per heavy atom. The molecule has 0 atom stereocenters. The second-order valence-corrected chi connectivity index (χ2v) is 4.89. The number of rotatable bonds is 6. The van der Waals surface area contributed by atoms with Crippen LogP contribution in [-0.4, -0.2) is 36.3 Å². The first-order valence-electron chi connectivity index (χ1n) is 6.99. The smallest absolute Gasteiger partial charge is 0.248 e. The van der Waals surface area contributed by atoms with E-state index in [1.807, 2.05) is 0 Å². The summed E-state index contributed by atoms with van der Waals surface area (Å²) in [6.07, 6.45) is 2.57. The summed E-state index contributed by atoms with van der Waals surface area (Å²) in [6.45, 7) is 0. The minimum absolute atomic E-state index is 0.213. The average molecular weight is 315 g/mol. The van der Waals surface area contributed by atoms with Gasteiger partial charge in [-0.05, 0) is 17.7 Å². The zero-order valence-electron chi connectivity index (χ0n) is 12.1. The topological polar surface area (TPSA) is 112 Å². The molecular weight excluding hydrogens is 301 g/mol. The average Bonchev–Trinajstić information content (AvgIpc) is 3.20. The number of aromatic nitrogens is 6. The predicted molar refractivity (Wildman–Crippen MR) is 78.9 cm³/mol. The van der Waals surface area contributed by atoms with Crippen LogP contribution in [0.2, 0.25) is 0 Å². The van der Waals surface area contributed by atoms with Crippen LogP contribution in [0.4, 0.5) is 10.3 Å². The molecule has 0 bridgehead atoms. The molecule has 0 aliphatic heterocycles. The molecule has 2 heterocycles. The van der Waals surface area contributed by atoms with Gasteiger partial charge in [-0.25, -0.2) is 9.37 Å². The van der Waals surface area contributed by atoms with E-state index >= 15 is 0 Å². The van der Waals surface area contributed by atoms with Crippen LogP contribution in [0.15, 0.2) is 30.6 Å². The first-order valence-corrected chi connectivity index (χ1v) is 6.99. The highest BCUT2D eigenvalue weighted by Gasteiger charge is 2.09. The molecule has 0 spiro atoms. The van der Waals surface area contributed by atoms with Gasteiger partial charge in [-0.3, -0.25) is 20.3 Å². The molecule has 0 aliphatic rings. The fourth-order valence-electron chi connectivity index (χ4n) is 2.00. The Labute approximate surface area is 130 Å². The summed E-state index contributed by atoms with van der Waals surface area (Å²) >= 11 is 0. The van der Waals surface area contributed by atoms with Crippen molar-refractivity contribution < 1.29 is 9.18 Å². The Kier molecular flexibility index (Phi) is 4.37. The zero-order chi connectivity index (χ0) is 16.1. The molecular formula is C14H14FN7O. The van der Waals surface area contributed by atoms with Crippen molar-refractivity contribution in [3.63, 3.8) is 0 Å². The number of nitrogens with one attached hydrogen (secondary N) is 3. The number of benzene rings is 1. The lowest BCUT2D eigenvalue weighted by Crippen LogP contribution is -2.13. The van der Waals surface area contributed by atoms with Crippen molar-refractivity contribution >= 4 is 11.9 Å². The SMILES string of the molecule is O=C(CCc1ncn[nH]1)Nc1n[nH]c(Cc2ccc(F)cc2)n1. The van der Waals surface area contributed by atoms with Gasteiger partial charge in [0.1, 0.15) is 23.8 Å². The van der Waals surface area contributed by atoms with Crippen LogP contribution in [0.5, 0.6) is 0 Å². The Morgan fingerprint density at radius 3 is 2.74 bits per heavy atom. The van der Waals surface area contributed by atoms with Crippen molar-refractivity contribution in [2.24, 2.45) is 0 Å². The van der Waals surface area contributed by atoms with E-state index in [-0.39, 0.29) is 24.1 Å². The van der Waals surface area contributed by atoms with E-state index in [1.165, 1.54) is 18.5 Å². The van der Waals surface area contributed by atoms with Gasteiger partial charge in [0.05, 0.1) is 0 Å². The van der Waals surface area contributed by atoms with Gasteiger partial charge in [0.25, 0.3) is 0 Å². The fourth-order valence-corrected chi connectivity index (χ4v) is 2.00. The van der Waals surface area contributed by atoms with E-state index in [1.54, 1.807) is 12.1 Å². The highest BCUT2D eigenvalue weighted by molar-refractivity contribution is 5.88. The minimum Gasteiger partial charge on any atom is -0.293 e. The summed E-state index contributed by atoms with van der Waals surface area (Å²) in [7, 11) is 0. The number of aromatic amines is 2. The number of aryl methyl sites for hydroxylation is 1. The number of nitrogens with zero attached hydrogens (tertiary/aromatic N) is 4. The van der Waals surface area contributed by atoms with E-state index in [0.717, 1.165) is 5.56 Å². The van der Waals surface area contributed by atoms with E-state index in [2.05, 4.69) is 35.7 Å². The lowest BCUT2D eigenvalue weighted by Gasteiger charge is -1.99. The van der Waals surface area contributed by atoms with Crippen molar-refractivity contribution in [2.45, 2.75) is 19.3 Å². The number of hydrogen-bond donors (Lipinski definition) is 3. The molecule has 3 N–H and O–H groups in total. The highest BCUT2D eigenvalue weighted by Crippen LogP contribution is 2.09. The van der Waals surface area contributed by atoms with Gasteiger partial charge in [-0.15, -0.1) is 5.10 Å². The maximum Gasteiger partial charge on any atom is 0.248 e. The molecule has 3 aromatic rings. The van der Waals surface area contributed by atoms with Crippen molar-refractivity contribution in [3.05, 3.63) is 53.6 Å². The number of carbonyl (C=O) groups is 1. The minimum atomic E-state index is -0.286. The molecule has 9 heteroatoms. The van der Waals surface area contributed by atoms with Gasteiger partial charge in [0.15, 0.2) is 0 Å². The van der Waals surface area contributed by atoms with Crippen LogP contribution in [-0.2, 0) is 17.6 Å². The molecule has 1 amide bonds. The van der Waals surface area contributed by atoms with Crippen molar-refractivity contribution in [1.29, 1.82) is 0 Å². The largest absolute Gasteiger partial charge is 0.293 e. The normalized spacial score (nSPS) is 10.7. The van der Waals surface area contributed by atoms with Crippen molar-refractivity contribution in [2.75, 3.05) is 5.32 Å². The van der Waals surface area contributed by atoms with Gasteiger partial charge < -0.3 is 0 Å². The van der Waals surface area contributed by atoms with E-state index in [0.29, 0.717) is 24.5 Å². The molecule has 118 valence electrons. The Bertz CT molecular complexity index is 767. The third-order valence-corrected chi connectivity index (χ3v) is 3.12. The van der Waals surface area contributed by atoms with Gasteiger partial charge in [-0.2, -0.15) is 10.1 Å². The monoisotopic (exact) mass is 315 g/mol. The molecule has 0 saturated carbocycles. The molecule has 0 aliphatic carbocycles. The molecule has 0 fully saturated rings. The lowest BCUT2D eigenvalue weighted by molar-refractivity contribution is -0.116. The quantitative estimate of drug-likeness (QED) is 0.633. The Morgan fingerprint density at radius 1 is 1.17 bits per heavy atom. The zero-order valence-corrected chi connectivity index (χ0v) is 12.1. The Balaban J connectivity index is 1.52. The molecule has 23 heavy (non-hydrogen) atoms. The summed E-state index contributed by atoms with van der Waals surface area (Å²) in [6, 6.07) is 6.12. The molecule has 2 aromatic heterocycles. The second kappa shape index (κ2) is 6.77. The molecule has 1 aromatic carbocycles. The maximum atomic E-state index is 12.9. The number of amides is 1. The van der Waals surface area contributed by atoms with Crippen LogP contribution >= 0.6 is 0 Å². The molecule has 3 rings (SSSR count). The number of carbonyl (C=O) groups excluding carboxylic acids is 1. The number of halogens is 1. The maximum absolute atomic E-state index is 12.9. The summed E-state index contributed by atoms with van der Waals surface area (Å²) < 4.78 is 12.9. The van der Waals surface area contributed by atoms with E-state index in [4.69, 9.17) is 0 Å². The van der Waals surface area contributed by atoms with Crippen molar-refractivity contribution in [3.8, 4) is 0 Å². The van der Waals surface area contributed by atoms with Crippen LogP contribution in [0.25, 0.3) is 0 Å². The van der Waals surface area contributed by atoms with Gasteiger partial charge in [-0.1, -0.05) is 12.1 Å². The molecule has 0 unspecified atom stereocenters. The molecule has 0 radical (unpaired) electrons. The number of hydrogen-bond acceptors (Lipinski definition) is 5. The molecule has 0 saturated heterocycles. The standard InChI is InChI=1S/C14H14FN7O/c15-10-3-1-9(2-4-10)7-12-18-14(22-21-12)19-13(23)6-5-11-16-8-17-20-11/h1-4,8H,5-7H2,(H,16,17,20)(H2,18,19,21,22,23). The lowest BCUT2D eigenvalue weighted by atomic mass is 10.1. The van der Waals surface area contributed by atoms with Crippen molar-refractivity contribution in [1.82, 2.24) is 30.4 Å². The van der Waals surface area contributed by atoms with E-state index < -0.39 is 0 Å².